The van der Waals surface area contributed by atoms with Gasteiger partial charge < -0.3 is 4.43 Å². The van der Waals surface area contributed by atoms with E-state index in [1.165, 1.54) is 5.56 Å². The summed E-state index contributed by atoms with van der Waals surface area (Å²) in [5.74, 6) is 0. The smallest absolute Gasteiger partial charge is 0.184 e. The molecule has 0 aliphatic rings. The molecule has 17 heavy (non-hydrogen) atoms. The first-order valence-electron chi connectivity index (χ1n) is 5.95. The van der Waals surface area contributed by atoms with Crippen LogP contribution in [0.15, 0.2) is 55.1 Å². The van der Waals surface area contributed by atoms with E-state index >= 15 is 0 Å². The molecule has 1 unspecified atom stereocenters. The van der Waals surface area contributed by atoms with E-state index < -0.39 is 8.32 Å². The van der Waals surface area contributed by atoms with Gasteiger partial charge in [0, 0.05) is 6.42 Å². The molecule has 0 saturated heterocycles. The molecule has 0 fully saturated rings. The monoisotopic (exact) mass is 246 g/mol. The van der Waals surface area contributed by atoms with E-state index in [-0.39, 0.29) is 6.10 Å². The molecule has 1 rings (SSSR count). The van der Waals surface area contributed by atoms with Crippen LogP contribution < -0.4 is 0 Å². The standard InChI is InChI=1S/C15H22OSi/c1-6-13(2)12-15(16-17(3,4)5)14-10-8-7-9-11-14/h6-11,15H,1-2,12H2,3-5H3. The number of allylic oxidation sites excluding steroid dienone is 1. The minimum Gasteiger partial charge on any atom is -0.410 e. The number of hydrogen-bond donors (Lipinski definition) is 0. The van der Waals surface area contributed by atoms with E-state index in [4.69, 9.17) is 4.43 Å². The van der Waals surface area contributed by atoms with Crippen LogP contribution in [0.1, 0.15) is 18.1 Å². The number of benzene rings is 1. The lowest BCUT2D eigenvalue weighted by Crippen LogP contribution is -2.28. The minimum atomic E-state index is -1.56. The van der Waals surface area contributed by atoms with Crippen LogP contribution in [0.3, 0.4) is 0 Å². The highest BCUT2D eigenvalue weighted by atomic mass is 28.4. The van der Waals surface area contributed by atoms with Crippen molar-refractivity contribution < 1.29 is 4.43 Å². The molecule has 0 aromatic heterocycles. The van der Waals surface area contributed by atoms with Gasteiger partial charge in [-0.05, 0) is 25.2 Å². The van der Waals surface area contributed by atoms with Gasteiger partial charge in [0.15, 0.2) is 8.32 Å². The summed E-state index contributed by atoms with van der Waals surface area (Å²) in [6, 6.07) is 10.3. The SMILES string of the molecule is C=CC(=C)CC(O[Si](C)(C)C)c1ccccc1. The van der Waals surface area contributed by atoms with Crippen molar-refractivity contribution in [3.63, 3.8) is 0 Å². The summed E-state index contributed by atoms with van der Waals surface area (Å²) < 4.78 is 6.23. The van der Waals surface area contributed by atoms with Gasteiger partial charge in [0.2, 0.25) is 0 Å². The lowest BCUT2D eigenvalue weighted by Gasteiger charge is -2.27. The Balaban J connectivity index is 2.86. The van der Waals surface area contributed by atoms with Gasteiger partial charge in [0.1, 0.15) is 0 Å². The van der Waals surface area contributed by atoms with Crippen LogP contribution in [0, 0.1) is 0 Å². The van der Waals surface area contributed by atoms with Crippen molar-refractivity contribution in [1.29, 1.82) is 0 Å². The van der Waals surface area contributed by atoms with Crippen LogP contribution in [-0.2, 0) is 4.43 Å². The maximum absolute atomic E-state index is 6.23. The van der Waals surface area contributed by atoms with Crippen molar-refractivity contribution in [2.24, 2.45) is 0 Å². The highest BCUT2D eigenvalue weighted by molar-refractivity contribution is 6.69. The van der Waals surface area contributed by atoms with E-state index in [1.807, 2.05) is 24.3 Å². The van der Waals surface area contributed by atoms with Gasteiger partial charge in [-0.25, -0.2) is 0 Å². The van der Waals surface area contributed by atoms with Gasteiger partial charge in [-0.15, -0.1) is 0 Å². The van der Waals surface area contributed by atoms with Crippen LogP contribution in [0.25, 0.3) is 0 Å². The molecule has 92 valence electrons. The van der Waals surface area contributed by atoms with E-state index in [9.17, 15) is 0 Å². The molecule has 1 aromatic carbocycles. The Morgan fingerprint density at radius 2 is 1.88 bits per heavy atom. The molecule has 0 N–H and O–H groups in total. The maximum Gasteiger partial charge on any atom is 0.184 e. The van der Waals surface area contributed by atoms with Crippen molar-refractivity contribution in [1.82, 2.24) is 0 Å². The quantitative estimate of drug-likeness (QED) is 0.521. The molecule has 0 aliphatic heterocycles. The molecule has 0 amide bonds. The second-order valence-corrected chi connectivity index (χ2v) is 9.66. The van der Waals surface area contributed by atoms with Crippen LogP contribution in [0.2, 0.25) is 19.6 Å². The van der Waals surface area contributed by atoms with Gasteiger partial charge in [0.25, 0.3) is 0 Å². The van der Waals surface area contributed by atoms with Gasteiger partial charge >= 0.3 is 0 Å². The Hall–Kier alpha value is -1.12. The highest BCUT2D eigenvalue weighted by Gasteiger charge is 2.22. The zero-order valence-electron chi connectivity index (χ0n) is 11.1. The lowest BCUT2D eigenvalue weighted by atomic mass is 10.0. The van der Waals surface area contributed by atoms with Crippen molar-refractivity contribution in [3.8, 4) is 0 Å². The van der Waals surface area contributed by atoms with E-state index in [1.54, 1.807) is 0 Å². The van der Waals surface area contributed by atoms with Crippen molar-refractivity contribution in [3.05, 3.63) is 60.7 Å². The van der Waals surface area contributed by atoms with Gasteiger partial charge in [-0.1, -0.05) is 55.1 Å². The second-order valence-electron chi connectivity index (χ2n) is 5.20. The van der Waals surface area contributed by atoms with E-state index in [0.717, 1.165) is 12.0 Å². The fourth-order valence-corrected chi connectivity index (χ4v) is 2.72. The predicted octanol–water partition coefficient (Wildman–Crippen LogP) is 4.71. The van der Waals surface area contributed by atoms with Crippen molar-refractivity contribution in [2.45, 2.75) is 32.2 Å². The largest absolute Gasteiger partial charge is 0.410 e. The van der Waals surface area contributed by atoms with Crippen LogP contribution in [-0.4, -0.2) is 8.32 Å². The van der Waals surface area contributed by atoms with E-state index in [2.05, 4.69) is 44.9 Å². The summed E-state index contributed by atoms with van der Waals surface area (Å²) in [6.45, 7) is 14.4. The molecule has 0 heterocycles. The molecule has 0 spiro atoms. The topological polar surface area (TPSA) is 9.23 Å². The molecule has 1 atom stereocenters. The fraction of sp³-hybridized carbons (Fsp3) is 0.333. The first-order chi connectivity index (χ1) is 7.92. The summed E-state index contributed by atoms with van der Waals surface area (Å²) in [4.78, 5) is 0. The average Bonchev–Trinajstić information content (AvgIpc) is 2.27. The first kappa shape index (κ1) is 13.9. The molecule has 1 aromatic rings. The molecule has 0 aliphatic carbocycles. The Morgan fingerprint density at radius 3 is 2.35 bits per heavy atom. The number of hydrogen-bond acceptors (Lipinski definition) is 1. The Bertz CT molecular complexity index is 376. The minimum absolute atomic E-state index is 0.105. The van der Waals surface area contributed by atoms with Gasteiger partial charge in [0.05, 0.1) is 6.10 Å². The van der Waals surface area contributed by atoms with Crippen molar-refractivity contribution >= 4 is 8.32 Å². The summed E-state index contributed by atoms with van der Waals surface area (Å²) in [7, 11) is -1.56. The Labute approximate surface area is 106 Å². The third kappa shape index (κ3) is 5.15. The summed E-state index contributed by atoms with van der Waals surface area (Å²) in [5, 5.41) is 0. The van der Waals surface area contributed by atoms with E-state index in [0.29, 0.717) is 0 Å². The maximum atomic E-state index is 6.23. The molecule has 0 bridgehead atoms. The first-order valence-corrected chi connectivity index (χ1v) is 9.36. The predicted molar refractivity (Wildman–Crippen MR) is 77.6 cm³/mol. The summed E-state index contributed by atoms with van der Waals surface area (Å²) in [6.07, 6.45) is 2.73. The van der Waals surface area contributed by atoms with Gasteiger partial charge in [-0.2, -0.15) is 0 Å². The van der Waals surface area contributed by atoms with Gasteiger partial charge in [-0.3, -0.25) is 0 Å². The molecule has 1 nitrogen and oxygen atoms in total. The molecular formula is C15H22OSi. The highest BCUT2D eigenvalue weighted by Crippen LogP contribution is 2.28. The zero-order chi connectivity index (χ0) is 12.9. The van der Waals surface area contributed by atoms with Crippen molar-refractivity contribution in [2.75, 3.05) is 0 Å². The third-order valence-corrected chi connectivity index (χ3v) is 3.40. The Kier molecular flexibility index (Phi) is 4.91. The molecule has 0 radical (unpaired) electrons. The molecule has 2 heteroatoms. The third-order valence-electron chi connectivity index (χ3n) is 2.40. The van der Waals surface area contributed by atoms with Crippen LogP contribution in [0.5, 0.6) is 0 Å². The molecular weight excluding hydrogens is 224 g/mol. The number of rotatable bonds is 6. The summed E-state index contributed by atoms with van der Waals surface area (Å²) >= 11 is 0. The van der Waals surface area contributed by atoms with Crippen LogP contribution >= 0.6 is 0 Å². The lowest BCUT2D eigenvalue weighted by molar-refractivity contribution is 0.199. The second kappa shape index (κ2) is 5.99. The van der Waals surface area contributed by atoms with Crippen LogP contribution in [0.4, 0.5) is 0 Å². The average molecular weight is 246 g/mol. The molecule has 0 saturated carbocycles. The Morgan fingerprint density at radius 1 is 1.29 bits per heavy atom. The zero-order valence-corrected chi connectivity index (χ0v) is 12.1. The normalized spacial score (nSPS) is 13.1. The fourth-order valence-electron chi connectivity index (χ4n) is 1.64. The summed E-state index contributed by atoms with van der Waals surface area (Å²) in [5.41, 5.74) is 2.25.